The number of unbranched alkanes of at least 4 members (excludes halogenated alkanes) is 17. The molecule has 0 aromatic carbocycles. The third kappa shape index (κ3) is 27.4. The summed E-state index contributed by atoms with van der Waals surface area (Å²) in [6.45, 7) is 2.48. The van der Waals surface area contributed by atoms with E-state index in [1.54, 1.807) is 0 Å². The van der Waals surface area contributed by atoms with Crippen LogP contribution in [0.5, 0.6) is 0 Å². The predicted octanol–water partition coefficient (Wildman–Crippen LogP) is 7.10. The summed E-state index contributed by atoms with van der Waals surface area (Å²) in [5, 5.41) is 72.0. The van der Waals surface area contributed by atoms with Crippen molar-refractivity contribution in [3.63, 3.8) is 0 Å². The van der Waals surface area contributed by atoms with E-state index in [9.17, 15) is 45.3 Å². The molecular formula is C52H90O15. The normalized spacial score (nSPS) is 26.3. The molecule has 7 N–H and O–H groups in total. The fraction of sp³-hybridized carbons (Fsp3) is 0.808. The molecular weight excluding hydrogens is 865 g/mol. The van der Waals surface area contributed by atoms with Crippen molar-refractivity contribution in [2.45, 2.75) is 242 Å². The molecule has 388 valence electrons. The summed E-state index contributed by atoms with van der Waals surface area (Å²) in [7, 11) is 0. The van der Waals surface area contributed by atoms with E-state index < -0.39 is 99.3 Å². The van der Waals surface area contributed by atoms with Gasteiger partial charge in [-0.2, -0.15) is 0 Å². The lowest BCUT2D eigenvalue weighted by Crippen LogP contribution is -2.61. The average molecular weight is 955 g/mol. The fourth-order valence-electron chi connectivity index (χ4n) is 7.74. The zero-order valence-corrected chi connectivity index (χ0v) is 40.9. The Hall–Kier alpha value is -2.54. The van der Waals surface area contributed by atoms with Crippen molar-refractivity contribution in [2.24, 2.45) is 0 Å². The molecule has 0 spiro atoms. The largest absolute Gasteiger partial charge is 0.462 e. The summed E-state index contributed by atoms with van der Waals surface area (Å²) in [6, 6.07) is 0. The lowest BCUT2D eigenvalue weighted by atomic mass is 9.98. The van der Waals surface area contributed by atoms with Crippen LogP contribution in [0.25, 0.3) is 0 Å². The van der Waals surface area contributed by atoms with E-state index in [-0.39, 0.29) is 19.4 Å². The van der Waals surface area contributed by atoms with E-state index >= 15 is 0 Å². The first-order valence-corrected chi connectivity index (χ1v) is 25.7. The maximum absolute atomic E-state index is 13.0. The summed E-state index contributed by atoms with van der Waals surface area (Å²) < 4.78 is 33.5. The molecule has 0 bridgehead atoms. The van der Waals surface area contributed by atoms with Crippen LogP contribution < -0.4 is 0 Å². The molecule has 0 aliphatic carbocycles. The van der Waals surface area contributed by atoms with Gasteiger partial charge in [0.2, 0.25) is 0 Å². The summed E-state index contributed by atoms with van der Waals surface area (Å²) in [5.74, 6) is -0.996. The Kier molecular flexibility index (Phi) is 35.5. The minimum atomic E-state index is -1.77. The highest BCUT2D eigenvalue weighted by Crippen LogP contribution is 2.26. The maximum Gasteiger partial charge on any atom is 0.306 e. The molecule has 0 radical (unpaired) electrons. The zero-order valence-electron chi connectivity index (χ0n) is 40.9. The minimum Gasteiger partial charge on any atom is -0.462 e. The van der Waals surface area contributed by atoms with Gasteiger partial charge in [0.15, 0.2) is 18.7 Å². The third-order valence-corrected chi connectivity index (χ3v) is 12.0. The summed E-state index contributed by atoms with van der Waals surface area (Å²) >= 11 is 0. The van der Waals surface area contributed by atoms with Crippen LogP contribution in [0, 0.1) is 0 Å². The topological polar surface area (TPSA) is 231 Å². The van der Waals surface area contributed by atoms with Crippen LogP contribution in [0.15, 0.2) is 48.6 Å². The number of carbonyl (C=O) groups is 2. The number of esters is 2. The molecule has 2 heterocycles. The monoisotopic (exact) mass is 955 g/mol. The van der Waals surface area contributed by atoms with Crippen LogP contribution in [-0.2, 0) is 38.0 Å². The highest BCUT2D eigenvalue weighted by atomic mass is 16.7. The Morgan fingerprint density at radius 2 is 0.925 bits per heavy atom. The maximum atomic E-state index is 13.0. The summed E-state index contributed by atoms with van der Waals surface area (Å²) in [5.41, 5.74) is 0. The molecule has 2 rings (SSSR count). The van der Waals surface area contributed by atoms with Gasteiger partial charge >= 0.3 is 11.9 Å². The van der Waals surface area contributed by atoms with Crippen LogP contribution >= 0.6 is 0 Å². The SMILES string of the molecule is CCCC/C=C/C/C=C/CCCCCCCC(=O)OC[C@H](CO[C@H]1O[C@@H](CO[C@H]2O[C@@H](CO)[C@@H](O)C(O)C2O)[C@@H](O)C(O)C1O)OC(=O)CCC/C=C/C/C=C/CCCCCCCCCCC. The predicted molar refractivity (Wildman–Crippen MR) is 257 cm³/mol. The zero-order chi connectivity index (χ0) is 48.9. The van der Waals surface area contributed by atoms with Crippen molar-refractivity contribution >= 4 is 11.9 Å². The van der Waals surface area contributed by atoms with Gasteiger partial charge in [-0.1, -0.05) is 146 Å². The molecule has 2 fully saturated rings. The molecule has 15 nitrogen and oxygen atoms in total. The lowest BCUT2D eigenvalue weighted by molar-refractivity contribution is -0.332. The first-order valence-electron chi connectivity index (χ1n) is 25.7. The second kappa shape index (κ2) is 39.2. The molecule has 2 aliphatic heterocycles. The number of ether oxygens (including phenoxy) is 6. The van der Waals surface area contributed by atoms with E-state index in [0.29, 0.717) is 19.3 Å². The molecule has 2 saturated heterocycles. The van der Waals surface area contributed by atoms with Crippen molar-refractivity contribution in [3.05, 3.63) is 48.6 Å². The Balaban J connectivity index is 1.84. The summed E-state index contributed by atoms with van der Waals surface area (Å²) in [4.78, 5) is 25.7. The Labute approximate surface area is 401 Å². The Morgan fingerprint density at radius 1 is 0.478 bits per heavy atom. The number of rotatable bonds is 39. The number of aliphatic hydroxyl groups excluding tert-OH is 7. The Morgan fingerprint density at radius 3 is 1.48 bits per heavy atom. The van der Waals surface area contributed by atoms with E-state index in [0.717, 1.165) is 57.8 Å². The van der Waals surface area contributed by atoms with Gasteiger partial charge in [-0.3, -0.25) is 9.59 Å². The van der Waals surface area contributed by atoms with Gasteiger partial charge in [-0.05, 0) is 64.2 Å². The van der Waals surface area contributed by atoms with Gasteiger partial charge in [0.25, 0.3) is 0 Å². The van der Waals surface area contributed by atoms with Gasteiger partial charge in [0, 0.05) is 12.8 Å². The van der Waals surface area contributed by atoms with E-state index in [4.69, 9.17) is 28.4 Å². The van der Waals surface area contributed by atoms with Gasteiger partial charge in [-0.25, -0.2) is 0 Å². The highest BCUT2D eigenvalue weighted by molar-refractivity contribution is 5.70. The van der Waals surface area contributed by atoms with Crippen molar-refractivity contribution in [1.82, 2.24) is 0 Å². The van der Waals surface area contributed by atoms with Crippen molar-refractivity contribution in [1.29, 1.82) is 0 Å². The van der Waals surface area contributed by atoms with Gasteiger partial charge in [0.05, 0.1) is 19.8 Å². The number of hydrogen-bond acceptors (Lipinski definition) is 15. The number of aliphatic hydroxyl groups is 7. The van der Waals surface area contributed by atoms with Gasteiger partial charge in [-0.15, -0.1) is 0 Å². The van der Waals surface area contributed by atoms with Crippen LogP contribution in [0.4, 0.5) is 0 Å². The Bertz CT molecular complexity index is 1350. The van der Waals surface area contributed by atoms with Crippen LogP contribution in [0.3, 0.4) is 0 Å². The average Bonchev–Trinajstić information content (AvgIpc) is 3.32. The molecule has 0 aromatic rings. The second-order valence-corrected chi connectivity index (χ2v) is 18.0. The van der Waals surface area contributed by atoms with Gasteiger partial charge in [0.1, 0.15) is 55.4 Å². The van der Waals surface area contributed by atoms with Crippen molar-refractivity contribution < 1.29 is 73.8 Å². The third-order valence-electron chi connectivity index (χ3n) is 12.0. The molecule has 15 heteroatoms. The van der Waals surface area contributed by atoms with Crippen molar-refractivity contribution in [2.75, 3.05) is 26.4 Å². The quantitative estimate of drug-likeness (QED) is 0.0185. The second-order valence-electron chi connectivity index (χ2n) is 18.0. The molecule has 0 saturated carbocycles. The van der Waals surface area contributed by atoms with Crippen molar-refractivity contribution in [3.8, 4) is 0 Å². The van der Waals surface area contributed by atoms with Crippen LogP contribution in [-0.4, -0.2) is 142 Å². The standard InChI is InChI=1S/C52H90O15/c1-3-5-7-9-11-13-15-17-19-20-21-23-25-27-29-31-33-35-44(55)65-40(37-62-43(54)34-32-30-28-26-24-22-18-16-14-12-10-8-6-4-2)38-63-51-50(61)48(59)46(57)42(67-51)39-64-52-49(60)47(58)45(56)41(36-53)66-52/h10,12,16,18,21,23,27,29,40-42,45-53,56-61H,3-9,11,13-15,17,19-20,22,24-26,28,30-39H2,1-2H3/b12-10+,18-16+,23-21+,29-27+/t40-,41+,42+,45-,46-,47?,48?,49?,50?,51+,52+/m1/s1. The van der Waals surface area contributed by atoms with E-state index in [1.165, 1.54) is 70.6 Å². The van der Waals surface area contributed by atoms with E-state index in [1.807, 2.05) is 6.08 Å². The lowest BCUT2D eigenvalue weighted by Gasteiger charge is -2.42. The molecule has 0 aromatic heterocycles. The van der Waals surface area contributed by atoms with Crippen LogP contribution in [0.1, 0.15) is 174 Å². The smallest absolute Gasteiger partial charge is 0.306 e. The first-order chi connectivity index (χ1) is 32.5. The van der Waals surface area contributed by atoms with E-state index in [2.05, 4.69) is 56.4 Å². The molecule has 2 aliphatic rings. The fourth-order valence-corrected chi connectivity index (χ4v) is 7.74. The van der Waals surface area contributed by atoms with Crippen LogP contribution in [0.2, 0.25) is 0 Å². The summed E-state index contributed by atoms with van der Waals surface area (Å²) in [6.07, 6.45) is 25.8. The number of allylic oxidation sites excluding steroid dienone is 8. The molecule has 67 heavy (non-hydrogen) atoms. The molecule has 0 amide bonds. The van der Waals surface area contributed by atoms with Gasteiger partial charge < -0.3 is 64.2 Å². The highest BCUT2D eigenvalue weighted by Gasteiger charge is 2.47. The molecule has 4 unspecified atom stereocenters. The first kappa shape index (κ1) is 60.6. The minimum absolute atomic E-state index is 0.0972. The number of hydrogen-bond donors (Lipinski definition) is 7. The number of carbonyl (C=O) groups excluding carboxylic acids is 2. The molecule has 11 atom stereocenters.